The van der Waals surface area contributed by atoms with Crippen LogP contribution in [0.1, 0.15) is 59.9 Å². The number of hydrogen-bond acceptors (Lipinski definition) is 4. The maximum Gasteiger partial charge on any atom is 0.277 e. The lowest BCUT2D eigenvalue weighted by molar-refractivity contribution is -0.384. The number of hydrogen-bond donors (Lipinski definition) is 2. The number of aryl methyl sites for hydroxylation is 1. The van der Waals surface area contributed by atoms with E-state index in [4.69, 9.17) is 0 Å². The van der Waals surface area contributed by atoms with Crippen LogP contribution in [0.15, 0.2) is 36.4 Å². The van der Waals surface area contributed by atoms with Crippen LogP contribution in [0.2, 0.25) is 0 Å². The van der Waals surface area contributed by atoms with Gasteiger partial charge in [0.1, 0.15) is 0 Å². The molecule has 158 valence electrons. The van der Waals surface area contributed by atoms with Crippen molar-refractivity contribution >= 4 is 17.5 Å². The third-order valence-electron chi connectivity index (χ3n) is 4.94. The summed E-state index contributed by atoms with van der Waals surface area (Å²) in [6.45, 7) is 8.28. The molecule has 0 saturated heterocycles. The zero-order valence-electron chi connectivity index (χ0n) is 17.7. The Balaban J connectivity index is 1.94. The van der Waals surface area contributed by atoms with Gasteiger partial charge in [-0.2, -0.15) is 0 Å². The minimum absolute atomic E-state index is 0.0971. The first-order valence-electron chi connectivity index (χ1n) is 10.0. The molecule has 0 atom stereocenters. The summed E-state index contributed by atoms with van der Waals surface area (Å²) in [6.07, 6.45) is 1.96. The molecule has 0 radical (unpaired) electrons. The minimum Gasteiger partial charge on any atom is -0.352 e. The van der Waals surface area contributed by atoms with Crippen LogP contribution in [0, 0.1) is 22.5 Å². The zero-order chi connectivity index (χ0) is 22.1. The number of carbonyl (C=O) groups is 2. The highest BCUT2D eigenvalue weighted by Gasteiger charge is 2.25. The van der Waals surface area contributed by atoms with Gasteiger partial charge in [0.2, 0.25) is 0 Å². The quantitative estimate of drug-likeness (QED) is 0.550. The van der Waals surface area contributed by atoms with E-state index in [2.05, 4.69) is 10.6 Å². The molecule has 0 aromatic heterocycles. The highest BCUT2D eigenvalue weighted by Crippen LogP contribution is 2.34. The van der Waals surface area contributed by atoms with E-state index >= 15 is 0 Å². The molecule has 7 nitrogen and oxygen atoms in total. The van der Waals surface area contributed by atoms with Crippen molar-refractivity contribution in [1.82, 2.24) is 10.6 Å². The molecule has 0 unspecified atom stereocenters. The second kappa shape index (κ2) is 8.26. The predicted molar refractivity (Wildman–Crippen MR) is 116 cm³/mol. The fourth-order valence-electron chi connectivity index (χ4n) is 3.05. The molecule has 2 aromatic rings. The van der Waals surface area contributed by atoms with Crippen molar-refractivity contribution in [1.29, 1.82) is 0 Å². The topological polar surface area (TPSA) is 101 Å². The van der Waals surface area contributed by atoms with Crippen LogP contribution < -0.4 is 10.6 Å². The van der Waals surface area contributed by atoms with Gasteiger partial charge in [-0.25, -0.2) is 0 Å². The van der Waals surface area contributed by atoms with Gasteiger partial charge in [-0.3, -0.25) is 19.7 Å². The van der Waals surface area contributed by atoms with Crippen molar-refractivity contribution in [2.75, 3.05) is 6.54 Å². The molecule has 0 spiro atoms. The number of carbonyl (C=O) groups excluding carboxylic acids is 2. The predicted octanol–water partition coefficient (Wildman–Crippen LogP) is 4.24. The van der Waals surface area contributed by atoms with Crippen LogP contribution >= 0.6 is 0 Å². The SMILES string of the molecule is Cc1ccc(C(=O)NC2CC2)cc1-c1ccc(C(=O)NCC(C)(C)C)cc1[N+](=O)[O-]. The molecule has 2 amide bonds. The first kappa shape index (κ1) is 21.5. The normalized spacial score (nSPS) is 13.6. The number of nitro benzene ring substituents is 1. The van der Waals surface area contributed by atoms with Crippen molar-refractivity contribution in [3.8, 4) is 11.1 Å². The first-order valence-corrected chi connectivity index (χ1v) is 10.0. The van der Waals surface area contributed by atoms with Gasteiger partial charge < -0.3 is 10.6 Å². The Hall–Kier alpha value is -3.22. The maximum absolute atomic E-state index is 12.4. The molecule has 1 aliphatic rings. The number of nitrogens with zero attached hydrogens (tertiary/aromatic N) is 1. The molecular weight excluding hydrogens is 382 g/mol. The van der Waals surface area contributed by atoms with E-state index in [1.807, 2.05) is 27.7 Å². The lowest BCUT2D eigenvalue weighted by Crippen LogP contribution is -2.32. The molecule has 30 heavy (non-hydrogen) atoms. The van der Waals surface area contributed by atoms with Crippen LogP contribution in [0.25, 0.3) is 11.1 Å². The summed E-state index contributed by atoms with van der Waals surface area (Å²) in [5.74, 6) is -0.534. The molecular formula is C23H27N3O4. The van der Waals surface area contributed by atoms with Crippen molar-refractivity contribution in [2.24, 2.45) is 5.41 Å². The summed E-state index contributed by atoms with van der Waals surface area (Å²) < 4.78 is 0. The number of nitro groups is 1. The Morgan fingerprint density at radius 3 is 2.27 bits per heavy atom. The third-order valence-corrected chi connectivity index (χ3v) is 4.94. The van der Waals surface area contributed by atoms with Gasteiger partial charge in [0.05, 0.1) is 10.5 Å². The fourth-order valence-corrected chi connectivity index (χ4v) is 3.05. The zero-order valence-corrected chi connectivity index (χ0v) is 17.7. The average molecular weight is 409 g/mol. The minimum atomic E-state index is -0.494. The first-order chi connectivity index (χ1) is 14.0. The smallest absolute Gasteiger partial charge is 0.277 e. The van der Waals surface area contributed by atoms with Crippen LogP contribution in [-0.4, -0.2) is 29.3 Å². The molecule has 0 heterocycles. The number of nitrogens with one attached hydrogen (secondary N) is 2. The summed E-state index contributed by atoms with van der Waals surface area (Å²) in [7, 11) is 0. The molecule has 0 aliphatic heterocycles. The number of rotatable bonds is 6. The van der Waals surface area contributed by atoms with Crippen LogP contribution in [0.3, 0.4) is 0 Å². The van der Waals surface area contributed by atoms with Crippen molar-refractivity contribution in [2.45, 2.75) is 46.6 Å². The van der Waals surface area contributed by atoms with Crippen molar-refractivity contribution < 1.29 is 14.5 Å². The van der Waals surface area contributed by atoms with Crippen molar-refractivity contribution in [3.63, 3.8) is 0 Å². The van der Waals surface area contributed by atoms with E-state index in [0.717, 1.165) is 18.4 Å². The summed E-state index contributed by atoms with van der Waals surface area (Å²) >= 11 is 0. The van der Waals surface area contributed by atoms with E-state index in [1.165, 1.54) is 6.07 Å². The molecule has 2 N–H and O–H groups in total. The van der Waals surface area contributed by atoms with Gasteiger partial charge in [0, 0.05) is 29.8 Å². The molecule has 3 rings (SSSR count). The van der Waals surface area contributed by atoms with Crippen LogP contribution in [0.5, 0.6) is 0 Å². The third kappa shape index (κ3) is 5.23. The summed E-state index contributed by atoms with van der Waals surface area (Å²) in [5.41, 5.74) is 2.23. The Bertz CT molecular complexity index is 1000. The van der Waals surface area contributed by atoms with E-state index in [9.17, 15) is 19.7 Å². The molecule has 1 saturated carbocycles. The Labute approximate surface area is 176 Å². The lowest BCUT2D eigenvalue weighted by Gasteiger charge is -2.18. The second-order valence-corrected chi connectivity index (χ2v) is 9.01. The molecule has 1 fully saturated rings. The van der Waals surface area contributed by atoms with E-state index in [-0.39, 0.29) is 34.5 Å². The Morgan fingerprint density at radius 2 is 1.67 bits per heavy atom. The van der Waals surface area contributed by atoms with Gasteiger partial charge in [0.15, 0.2) is 0 Å². The second-order valence-electron chi connectivity index (χ2n) is 9.01. The Morgan fingerprint density at radius 1 is 1.03 bits per heavy atom. The van der Waals surface area contributed by atoms with Gasteiger partial charge in [-0.05, 0) is 60.6 Å². The van der Waals surface area contributed by atoms with Crippen LogP contribution in [-0.2, 0) is 0 Å². The Kier molecular flexibility index (Phi) is 5.92. The highest BCUT2D eigenvalue weighted by atomic mass is 16.6. The maximum atomic E-state index is 12.4. The number of amides is 2. The molecule has 7 heteroatoms. The molecule has 2 aromatic carbocycles. The summed E-state index contributed by atoms with van der Waals surface area (Å²) in [6, 6.07) is 9.86. The molecule has 0 bridgehead atoms. The summed E-state index contributed by atoms with van der Waals surface area (Å²) in [4.78, 5) is 36.1. The number of benzene rings is 2. The van der Waals surface area contributed by atoms with E-state index in [1.54, 1.807) is 30.3 Å². The summed E-state index contributed by atoms with van der Waals surface area (Å²) in [5, 5.41) is 17.5. The molecule has 1 aliphatic carbocycles. The van der Waals surface area contributed by atoms with Gasteiger partial charge in [-0.15, -0.1) is 0 Å². The highest BCUT2D eigenvalue weighted by molar-refractivity contribution is 5.98. The van der Waals surface area contributed by atoms with E-state index < -0.39 is 4.92 Å². The fraction of sp³-hybridized carbons (Fsp3) is 0.391. The lowest BCUT2D eigenvalue weighted by atomic mass is 9.95. The van der Waals surface area contributed by atoms with E-state index in [0.29, 0.717) is 23.2 Å². The largest absolute Gasteiger partial charge is 0.352 e. The monoisotopic (exact) mass is 409 g/mol. The van der Waals surface area contributed by atoms with Crippen molar-refractivity contribution in [3.05, 3.63) is 63.2 Å². The van der Waals surface area contributed by atoms with Gasteiger partial charge in [-0.1, -0.05) is 26.8 Å². The van der Waals surface area contributed by atoms with Crippen LogP contribution in [0.4, 0.5) is 5.69 Å². The standard InChI is InChI=1S/C23H27N3O4/c1-14-5-6-15(22(28)25-17-8-9-17)11-19(14)18-10-7-16(12-20(18)26(29)30)21(27)24-13-23(2,3)4/h5-7,10-12,17H,8-9,13H2,1-4H3,(H,24,27)(H,25,28). The van der Waals surface area contributed by atoms with Gasteiger partial charge in [0.25, 0.3) is 17.5 Å². The average Bonchev–Trinajstić information content (AvgIpc) is 3.49. The van der Waals surface area contributed by atoms with Gasteiger partial charge >= 0.3 is 0 Å².